The maximum atomic E-state index is 13.3. The third-order valence-corrected chi connectivity index (χ3v) is 3.17. The van der Waals surface area contributed by atoms with E-state index in [-0.39, 0.29) is 17.6 Å². The van der Waals surface area contributed by atoms with Gasteiger partial charge < -0.3 is 9.84 Å². The normalized spacial score (nSPS) is 13.2. The number of hydrogen-bond donors (Lipinski definition) is 1. The molecule has 0 aromatic heterocycles. The number of rotatable bonds is 7. The van der Waals surface area contributed by atoms with Gasteiger partial charge in [-0.3, -0.25) is 4.90 Å². The molecular weight excluding hydrogens is 245 g/mol. The summed E-state index contributed by atoms with van der Waals surface area (Å²) >= 11 is 0. The molecule has 1 atom stereocenters. The van der Waals surface area contributed by atoms with Crippen LogP contribution in [0.3, 0.4) is 0 Å². The minimum absolute atomic E-state index is 0.0479. The van der Waals surface area contributed by atoms with E-state index in [1.807, 2.05) is 6.92 Å². The van der Waals surface area contributed by atoms with E-state index in [0.29, 0.717) is 18.1 Å². The molecule has 108 valence electrons. The summed E-state index contributed by atoms with van der Waals surface area (Å²) in [5.74, 6) is 0.311. The van der Waals surface area contributed by atoms with Crippen molar-refractivity contribution in [2.45, 2.75) is 26.8 Å². The van der Waals surface area contributed by atoms with Crippen molar-refractivity contribution in [3.05, 3.63) is 29.6 Å². The van der Waals surface area contributed by atoms with Crippen LogP contribution in [0.5, 0.6) is 5.75 Å². The Morgan fingerprint density at radius 2 is 2.00 bits per heavy atom. The molecule has 0 saturated heterocycles. The maximum Gasteiger partial charge on any atom is 0.123 e. The van der Waals surface area contributed by atoms with Gasteiger partial charge in [0.05, 0.1) is 6.61 Å². The number of hydrogen-bond acceptors (Lipinski definition) is 3. The van der Waals surface area contributed by atoms with Crippen LogP contribution in [0.2, 0.25) is 0 Å². The van der Waals surface area contributed by atoms with Crippen LogP contribution in [0.4, 0.5) is 4.39 Å². The molecule has 0 saturated carbocycles. The Balaban J connectivity index is 2.90. The van der Waals surface area contributed by atoms with Crippen molar-refractivity contribution in [1.29, 1.82) is 0 Å². The molecule has 0 aliphatic carbocycles. The monoisotopic (exact) mass is 269 g/mol. The molecular formula is C15H24FNO2. The molecule has 0 amide bonds. The minimum atomic E-state index is -0.323. The molecule has 0 radical (unpaired) electrons. The zero-order valence-electron chi connectivity index (χ0n) is 12.2. The molecule has 1 rings (SSSR count). The molecule has 1 unspecified atom stereocenters. The zero-order valence-corrected chi connectivity index (χ0v) is 12.2. The molecule has 0 aliphatic heterocycles. The molecule has 0 aliphatic rings. The van der Waals surface area contributed by atoms with Gasteiger partial charge in [0, 0.05) is 31.8 Å². The van der Waals surface area contributed by atoms with E-state index >= 15 is 0 Å². The van der Waals surface area contributed by atoms with Crippen LogP contribution >= 0.6 is 0 Å². The van der Waals surface area contributed by atoms with Gasteiger partial charge in [-0.2, -0.15) is 0 Å². The SMILES string of the molecule is COCCN(CC(C)C)C(C)c1cc(F)ccc1O. The van der Waals surface area contributed by atoms with Crippen molar-refractivity contribution in [2.75, 3.05) is 26.8 Å². The lowest BCUT2D eigenvalue weighted by Gasteiger charge is -2.31. The second kappa shape index (κ2) is 7.46. The van der Waals surface area contributed by atoms with Crippen molar-refractivity contribution < 1.29 is 14.2 Å². The average Bonchev–Trinajstić information content (AvgIpc) is 2.36. The average molecular weight is 269 g/mol. The Bertz CT molecular complexity index is 396. The van der Waals surface area contributed by atoms with Gasteiger partial charge in [-0.25, -0.2) is 4.39 Å². The Labute approximate surface area is 115 Å². The van der Waals surface area contributed by atoms with Crippen LogP contribution in [-0.2, 0) is 4.74 Å². The van der Waals surface area contributed by atoms with Crippen molar-refractivity contribution in [3.8, 4) is 5.75 Å². The maximum absolute atomic E-state index is 13.3. The van der Waals surface area contributed by atoms with E-state index in [1.54, 1.807) is 7.11 Å². The number of phenols is 1. The third-order valence-electron chi connectivity index (χ3n) is 3.17. The molecule has 1 aromatic rings. The first-order valence-electron chi connectivity index (χ1n) is 6.67. The number of halogens is 1. The number of phenolic OH excluding ortho intramolecular Hbond substituents is 1. The van der Waals surface area contributed by atoms with Gasteiger partial charge in [0.2, 0.25) is 0 Å². The van der Waals surface area contributed by atoms with E-state index < -0.39 is 0 Å². The van der Waals surface area contributed by atoms with E-state index in [1.165, 1.54) is 18.2 Å². The second-order valence-corrected chi connectivity index (χ2v) is 5.26. The highest BCUT2D eigenvalue weighted by molar-refractivity contribution is 5.34. The first-order valence-corrected chi connectivity index (χ1v) is 6.67. The van der Waals surface area contributed by atoms with Crippen molar-refractivity contribution in [1.82, 2.24) is 4.90 Å². The third kappa shape index (κ3) is 4.80. The van der Waals surface area contributed by atoms with Crippen molar-refractivity contribution in [3.63, 3.8) is 0 Å². The number of nitrogens with zero attached hydrogens (tertiary/aromatic N) is 1. The van der Waals surface area contributed by atoms with E-state index in [0.717, 1.165) is 13.1 Å². The molecule has 0 bridgehead atoms. The number of methoxy groups -OCH3 is 1. The van der Waals surface area contributed by atoms with Crippen LogP contribution in [0.1, 0.15) is 32.4 Å². The standard InChI is InChI=1S/C15H24FNO2/c1-11(2)10-17(7-8-19-4)12(3)14-9-13(16)5-6-15(14)18/h5-6,9,11-12,18H,7-8,10H2,1-4H3. The second-order valence-electron chi connectivity index (χ2n) is 5.26. The number of benzene rings is 1. The largest absolute Gasteiger partial charge is 0.508 e. The minimum Gasteiger partial charge on any atom is -0.508 e. The molecule has 1 N–H and O–H groups in total. The summed E-state index contributed by atoms with van der Waals surface area (Å²) in [6.45, 7) is 8.50. The van der Waals surface area contributed by atoms with Gasteiger partial charge in [0.15, 0.2) is 0 Å². The van der Waals surface area contributed by atoms with Crippen LogP contribution in [0, 0.1) is 11.7 Å². The number of ether oxygens (including phenoxy) is 1. The lowest BCUT2D eigenvalue weighted by atomic mass is 10.0. The predicted molar refractivity (Wildman–Crippen MR) is 74.8 cm³/mol. The van der Waals surface area contributed by atoms with Gasteiger partial charge in [0.1, 0.15) is 11.6 Å². The van der Waals surface area contributed by atoms with Crippen LogP contribution in [0.15, 0.2) is 18.2 Å². The molecule has 3 nitrogen and oxygen atoms in total. The highest BCUT2D eigenvalue weighted by Crippen LogP contribution is 2.29. The Hall–Kier alpha value is -1.13. The smallest absolute Gasteiger partial charge is 0.123 e. The topological polar surface area (TPSA) is 32.7 Å². The lowest BCUT2D eigenvalue weighted by molar-refractivity contribution is 0.114. The Morgan fingerprint density at radius 1 is 1.32 bits per heavy atom. The van der Waals surface area contributed by atoms with Crippen LogP contribution < -0.4 is 0 Å². The molecule has 0 heterocycles. The van der Waals surface area contributed by atoms with Gasteiger partial charge in [-0.05, 0) is 31.0 Å². The Morgan fingerprint density at radius 3 is 2.58 bits per heavy atom. The first kappa shape index (κ1) is 15.9. The lowest BCUT2D eigenvalue weighted by Crippen LogP contribution is -2.33. The molecule has 19 heavy (non-hydrogen) atoms. The van der Waals surface area contributed by atoms with E-state index in [4.69, 9.17) is 4.74 Å². The quantitative estimate of drug-likeness (QED) is 0.825. The fourth-order valence-corrected chi connectivity index (χ4v) is 2.18. The highest BCUT2D eigenvalue weighted by Gasteiger charge is 2.19. The Kier molecular flexibility index (Phi) is 6.25. The van der Waals surface area contributed by atoms with Gasteiger partial charge in [0.25, 0.3) is 0 Å². The fraction of sp³-hybridized carbons (Fsp3) is 0.600. The fourth-order valence-electron chi connectivity index (χ4n) is 2.18. The summed E-state index contributed by atoms with van der Waals surface area (Å²) in [6.07, 6.45) is 0. The van der Waals surface area contributed by atoms with Gasteiger partial charge >= 0.3 is 0 Å². The molecule has 1 aromatic carbocycles. The summed E-state index contributed by atoms with van der Waals surface area (Å²) in [4.78, 5) is 2.20. The highest BCUT2D eigenvalue weighted by atomic mass is 19.1. The molecule has 0 spiro atoms. The number of aromatic hydroxyl groups is 1. The van der Waals surface area contributed by atoms with Crippen molar-refractivity contribution >= 4 is 0 Å². The summed E-state index contributed by atoms with van der Waals surface area (Å²) < 4.78 is 18.4. The van der Waals surface area contributed by atoms with E-state index in [9.17, 15) is 9.50 Å². The molecule has 0 fully saturated rings. The summed E-state index contributed by atoms with van der Waals surface area (Å²) in [6, 6.07) is 4.03. The van der Waals surface area contributed by atoms with Gasteiger partial charge in [-0.15, -0.1) is 0 Å². The molecule has 4 heteroatoms. The summed E-state index contributed by atoms with van der Waals surface area (Å²) in [5.41, 5.74) is 0.622. The predicted octanol–water partition coefficient (Wildman–Crippen LogP) is 3.20. The summed E-state index contributed by atoms with van der Waals surface area (Å²) in [5, 5.41) is 9.89. The zero-order chi connectivity index (χ0) is 14.4. The van der Waals surface area contributed by atoms with Gasteiger partial charge in [-0.1, -0.05) is 13.8 Å². The summed E-state index contributed by atoms with van der Waals surface area (Å²) in [7, 11) is 1.66. The van der Waals surface area contributed by atoms with Crippen LogP contribution in [0.25, 0.3) is 0 Å². The van der Waals surface area contributed by atoms with E-state index in [2.05, 4.69) is 18.7 Å². The van der Waals surface area contributed by atoms with Crippen molar-refractivity contribution in [2.24, 2.45) is 5.92 Å². The van der Waals surface area contributed by atoms with Crippen LogP contribution in [-0.4, -0.2) is 36.8 Å². The first-order chi connectivity index (χ1) is 8.95.